The maximum atomic E-state index is 11.5. The van der Waals surface area contributed by atoms with E-state index >= 15 is 0 Å². The van der Waals surface area contributed by atoms with Gasteiger partial charge in [-0.05, 0) is 64.3 Å². The number of aliphatic hydroxyl groups is 3. The van der Waals surface area contributed by atoms with Crippen molar-refractivity contribution < 1.29 is 15.3 Å². The summed E-state index contributed by atoms with van der Waals surface area (Å²) >= 11 is 1.49. The van der Waals surface area contributed by atoms with Crippen LogP contribution in [0.5, 0.6) is 0 Å². The molecule has 11 heteroatoms. The van der Waals surface area contributed by atoms with E-state index in [9.17, 15) is 15.3 Å². The Bertz CT molecular complexity index is 1420. The number of aromatic nitrogens is 5. The van der Waals surface area contributed by atoms with Crippen molar-refractivity contribution >= 4 is 33.3 Å². The number of anilines is 2. The van der Waals surface area contributed by atoms with Gasteiger partial charge in [0.1, 0.15) is 22.4 Å². The number of aryl methyl sites for hydroxylation is 2. The highest BCUT2D eigenvalue weighted by Gasteiger charge is 2.52. The summed E-state index contributed by atoms with van der Waals surface area (Å²) < 4.78 is 0.981. The van der Waals surface area contributed by atoms with Crippen molar-refractivity contribution in [2.24, 2.45) is 5.92 Å². The average molecular weight is 522 g/mol. The Balaban J connectivity index is 1.56. The number of rotatable bonds is 7. The number of nitrogens with zero attached hydrogens (tertiary/aromatic N) is 5. The number of thiazole rings is 1. The smallest absolute Gasteiger partial charge is 0.225 e. The minimum atomic E-state index is -1.68. The highest BCUT2D eigenvalue weighted by Crippen LogP contribution is 2.43. The van der Waals surface area contributed by atoms with Crippen LogP contribution in [0, 0.1) is 19.8 Å². The first-order valence-electron chi connectivity index (χ1n) is 12.2. The van der Waals surface area contributed by atoms with Gasteiger partial charge in [-0.2, -0.15) is 4.98 Å². The Morgan fingerprint density at radius 3 is 2.51 bits per heavy atom. The van der Waals surface area contributed by atoms with Crippen LogP contribution < -0.4 is 10.6 Å². The third-order valence-electron chi connectivity index (χ3n) is 6.94. The third kappa shape index (κ3) is 4.99. The van der Waals surface area contributed by atoms with Gasteiger partial charge in [-0.3, -0.25) is 9.97 Å². The molecule has 3 unspecified atom stereocenters. The second-order valence-corrected chi connectivity index (χ2v) is 11.2. The monoisotopic (exact) mass is 521 g/mol. The van der Waals surface area contributed by atoms with Gasteiger partial charge in [-0.25, -0.2) is 9.97 Å². The first kappa shape index (κ1) is 25.4. The van der Waals surface area contributed by atoms with Crippen LogP contribution in [0.3, 0.4) is 0 Å². The van der Waals surface area contributed by atoms with Gasteiger partial charge >= 0.3 is 0 Å². The maximum Gasteiger partial charge on any atom is 0.225 e. The SMILES string of the molecule is Cc1nc(NCc2ccncc2)nc(NC2(O)CCC(C(C)(C)O)C2O)c1-c1nc2c(C)nccc2s1. The molecule has 1 fully saturated rings. The molecule has 0 amide bonds. The van der Waals surface area contributed by atoms with Crippen LogP contribution in [0.15, 0.2) is 36.8 Å². The minimum Gasteiger partial charge on any atom is -0.390 e. The fourth-order valence-corrected chi connectivity index (χ4v) is 5.97. The lowest BCUT2D eigenvalue weighted by atomic mass is 9.87. The lowest BCUT2D eigenvalue weighted by Crippen LogP contribution is -2.51. The van der Waals surface area contributed by atoms with Crippen LogP contribution in [-0.2, 0) is 6.54 Å². The van der Waals surface area contributed by atoms with E-state index in [1.165, 1.54) is 11.3 Å². The van der Waals surface area contributed by atoms with Gasteiger partial charge in [0, 0.05) is 31.1 Å². The molecule has 1 aliphatic carbocycles. The molecule has 4 aromatic rings. The van der Waals surface area contributed by atoms with Gasteiger partial charge in [0.15, 0.2) is 5.72 Å². The molecule has 37 heavy (non-hydrogen) atoms. The van der Waals surface area contributed by atoms with Crippen molar-refractivity contribution in [2.75, 3.05) is 10.6 Å². The molecule has 0 saturated heterocycles. The van der Waals surface area contributed by atoms with Crippen LogP contribution in [0.4, 0.5) is 11.8 Å². The first-order chi connectivity index (χ1) is 17.5. The Labute approximate surface area is 218 Å². The number of fused-ring (bicyclic) bond motifs is 1. The standard InChI is InChI=1S/C26H31N7O3S/c1-14-19(23-31-20-15(2)28-12-8-18(20)37-23)22(32-24(30-14)29-13-16-6-10-27-11-7-16)33-26(36)9-5-17(21(26)34)25(3,4)35/h6-8,10-12,17,21,34-36H,5,9,13H2,1-4H3,(H2,29,30,32,33). The van der Waals surface area contributed by atoms with E-state index in [0.717, 1.165) is 21.5 Å². The molecule has 10 nitrogen and oxygen atoms in total. The fraction of sp³-hybridized carbons (Fsp3) is 0.423. The number of pyridine rings is 2. The van der Waals surface area contributed by atoms with Crippen molar-refractivity contribution in [3.8, 4) is 10.6 Å². The molecule has 4 aromatic heterocycles. The van der Waals surface area contributed by atoms with Crippen LogP contribution in [0.1, 0.15) is 43.6 Å². The summed E-state index contributed by atoms with van der Waals surface area (Å²) in [4.78, 5) is 22.6. The van der Waals surface area contributed by atoms with E-state index in [1.807, 2.05) is 32.0 Å². The molecule has 0 aliphatic heterocycles. The molecular weight excluding hydrogens is 490 g/mol. The Morgan fingerprint density at radius 1 is 1.08 bits per heavy atom. The summed E-state index contributed by atoms with van der Waals surface area (Å²) in [6.45, 7) is 7.55. The lowest BCUT2D eigenvalue weighted by Gasteiger charge is -2.34. The molecule has 0 bridgehead atoms. The number of aliphatic hydroxyl groups excluding tert-OH is 1. The van der Waals surface area contributed by atoms with Gasteiger partial charge in [0.25, 0.3) is 0 Å². The zero-order valence-corrected chi connectivity index (χ0v) is 22.0. The summed E-state index contributed by atoms with van der Waals surface area (Å²) in [6.07, 6.45) is 4.69. The van der Waals surface area contributed by atoms with Crippen LogP contribution in [-0.4, -0.2) is 57.7 Å². The highest BCUT2D eigenvalue weighted by molar-refractivity contribution is 7.21. The molecule has 194 valence electrons. The minimum absolute atomic E-state index is 0.244. The van der Waals surface area contributed by atoms with E-state index in [2.05, 4.69) is 25.6 Å². The second-order valence-electron chi connectivity index (χ2n) is 10.1. The van der Waals surface area contributed by atoms with E-state index in [4.69, 9.17) is 9.97 Å². The van der Waals surface area contributed by atoms with Crippen molar-refractivity contribution in [1.29, 1.82) is 0 Å². The molecular formula is C26H31N7O3S. The molecule has 1 aliphatic rings. The molecule has 5 rings (SSSR count). The molecule has 0 aromatic carbocycles. The predicted molar refractivity (Wildman–Crippen MR) is 143 cm³/mol. The highest BCUT2D eigenvalue weighted by atomic mass is 32.1. The quantitative estimate of drug-likeness (QED) is 0.229. The molecule has 4 heterocycles. The average Bonchev–Trinajstić information content (AvgIpc) is 3.40. The fourth-order valence-electron chi connectivity index (χ4n) is 4.86. The van der Waals surface area contributed by atoms with Gasteiger partial charge in [0.05, 0.1) is 27.3 Å². The van der Waals surface area contributed by atoms with Gasteiger partial charge in [0.2, 0.25) is 5.95 Å². The summed E-state index contributed by atoms with van der Waals surface area (Å²) in [5.74, 6) is 0.221. The molecule has 3 atom stereocenters. The normalized spacial score (nSPS) is 21.9. The zero-order valence-electron chi connectivity index (χ0n) is 21.2. The largest absolute Gasteiger partial charge is 0.390 e. The van der Waals surface area contributed by atoms with Gasteiger partial charge in [-0.15, -0.1) is 11.3 Å². The Hall–Kier alpha value is -3.25. The Morgan fingerprint density at radius 2 is 1.84 bits per heavy atom. The number of hydrogen-bond donors (Lipinski definition) is 5. The topological polar surface area (TPSA) is 149 Å². The van der Waals surface area contributed by atoms with Crippen molar-refractivity contribution in [3.63, 3.8) is 0 Å². The first-order valence-corrected chi connectivity index (χ1v) is 13.0. The van der Waals surface area contributed by atoms with Crippen LogP contribution in [0.25, 0.3) is 20.8 Å². The number of nitrogens with one attached hydrogen (secondary N) is 2. The molecule has 0 spiro atoms. The van der Waals surface area contributed by atoms with Crippen LogP contribution >= 0.6 is 11.3 Å². The van der Waals surface area contributed by atoms with Crippen molar-refractivity contribution in [1.82, 2.24) is 24.9 Å². The van der Waals surface area contributed by atoms with E-state index in [1.54, 1.807) is 32.4 Å². The Kier molecular flexibility index (Phi) is 6.57. The van der Waals surface area contributed by atoms with Crippen LogP contribution in [0.2, 0.25) is 0 Å². The molecule has 1 saturated carbocycles. The number of hydrogen-bond acceptors (Lipinski definition) is 11. The molecule has 5 N–H and O–H groups in total. The van der Waals surface area contributed by atoms with E-state index < -0.39 is 23.3 Å². The predicted octanol–water partition coefficient (Wildman–Crippen LogP) is 3.41. The van der Waals surface area contributed by atoms with Crippen molar-refractivity contribution in [2.45, 2.75) is 64.5 Å². The van der Waals surface area contributed by atoms with E-state index in [-0.39, 0.29) is 6.42 Å². The van der Waals surface area contributed by atoms with Gasteiger partial charge in [-0.1, -0.05) is 0 Å². The van der Waals surface area contributed by atoms with E-state index in [0.29, 0.717) is 41.0 Å². The lowest BCUT2D eigenvalue weighted by molar-refractivity contribution is -0.0926. The second kappa shape index (κ2) is 9.56. The maximum absolute atomic E-state index is 11.5. The third-order valence-corrected chi connectivity index (χ3v) is 7.98. The summed E-state index contributed by atoms with van der Waals surface area (Å²) in [6, 6.07) is 5.72. The summed E-state index contributed by atoms with van der Waals surface area (Å²) in [7, 11) is 0. The van der Waals surface area contributed by atoms with Gasteiger partial charge < -0.3 is 26.0 Å². The van der Waals surface area contributed by atoms with Crippen molar-refractivity contribution in [3.05, 3.63) is 53.7 Å². The molecule has 0 radical (unpaired) electrons. The zero-order chi connectivity index (χ0) is 26.4. The summed E-state index contributed by atoms with van der Waals surface area (Å²) in [5.41, 5.74) is 1.11. The summed E-state index contributed by atoms with van der Waals surface area (Å²) in [5, 5.41) is 40.1.